The zero-order chi connectivity index (χ0) is 13.9. The van der Waals surface area contributed by atoms with Crippen LogP contribution in [-0.4, -0.2) is 41.6 Å². The van der Waals surface area contributed by atoms with Gasteiger partial charge in [-0.25, -0.2) is 15.0 Å². The van der Waals surface area contributed by atoms with Gasteiger partial charge in [-0.15, -0.1) is 0 Å². The summed E-state index contributed by atoms with van der Waals surface area (Å²) in [6.45, 7) is 0. The zero-order valence-electron chi connectivity index (χ0n) is 10.3. The summed E-state index contributed by atoms with van der Waals surface area (Å²) in [5.74, 6) is 0.926. The number of nitrogens with zero attached hydrogens (tertiary/aromatic N) is 7. The average molecular weight is 290 g/mol. The monoisotopic (exact) mass is 289 g/mol. The summed E-state index contributed by atoms with van der Waals surface area (Å²) >= 11 is 5.93. The second-order valence-corrected chi connectivity index (χ2v) is 3.95. The predicted octanol–water partition coefficient (Wildman–Crippen LogP) is 1.18. The van der Waals surface area contributed by atoms with Gasteiger partial charge in [-0.3, -0.25) is 4.57 Å². The molecule has 0 aliphatic carbocycles. The summed E-state index contributed by atoms with van der Waals surface area (Å²) in [4.78, 5) is 24.5. The molecule has 0 aliphatic heterocycles. The van der Waals surface area contributed by atoms with Gasteiger partial charge >= 0.3 is 0 Å². The first-order valence-corrected chi connectivity index (χ1v) is 5.91. The van der Waals surface area contributed by atoms with E-state index in [1.54, 1.807) is 23.3 Å². The highest BCUT2D eigenvalue weighted by Gasteiger charge is 2.14. The van der Waals surface area contributed by atoms with Crippen molar-refractivity contribution in [1.29, 1.82) is 0 Å². The fourth-order valence-electron chi connectivity index (χ4n) is 1.57. The summed E-state index contributed by atoms with van der Waals surface area (Å²) < 4.78 is 6.74. The molecule has 3 rings (SSSR count). The van der Waals surface area contributed by atoms with Crippen LogP contribution < -0.4 is 4.74 Å². The van der Waals surface area contributed by atoms with Gasteiger partial charge in [0.1, 0.15) is 6.33 Å². The quantitative estimate of drug-likeness (QED) is 0.715. The molecule has 8 nitrogen and oxygen atoms in total. The van der Waals surface area contributed by atoms with Gasteiger partial charge < -0.3 is 4.74 Å². The molecule has 0 radical (unpaired) electrons. The van der Waals surface area contributed by atoms with Gasteiger partial charge in [0, 0.05) is 24.8 Å². The maximum atomic E-state index is 5.93. The van der Waals surface area contributed by atoms with Crippen molar-refractivity contribution in [3.63, 3.8) is 0 Å². The molecular weight excluding hydrogens is 282 g/mol. The highest BCUT2D eigenvalue weighted by Crippen LogP contribution is 2.22. The molecule has 3 aromatic rings. The van der Waals surface area contributed by atoms with Crippen LogP contribution in [0.25, 0.3) is 17.5 Å². The van der Waals surface area contributed by atoms with Crippen LogP contribution in [0.15, 0.2) is 31.1 Å². The van der Waals surface area contributed by atoms with Gasteiger partial charge in [0.25, 0.3) is 0 Å². The van der Waals surface area contributed by atoms with Crippen molar-refractivity contribution in [1.82, 2.24) is 34.5 Å². The van der Waals surface area contributed by atoms with Crippen molar-refractivity contribution in [3.8, 4) is 23.3 Å². The Hall–Kier alpha value is -2.61. The third-order valence-corrected chi connectivity index (χ3v) is 2.57. The van der Waals surface area contributed by atoms with E-state index >= 15 is 0 Å². The third kappa shape index (κ3) is 2.28. The van der Waals surface area contributed by atoms with Gasteiger partial charge in [0.05, 0.1) is 7.11 Å². The lowest BCUT2D eigenvalue weighted by Gasteiger charge is -2.06. The van der Waals surface area contributed by atoms with Gasteiger partial charge in [0.2, 0.25) is 17.1 Å². The molecule has 0 atom stereocenters. The summed E-state index contributed by atoms with van der Waals surface area (Å²) in [7, 11) is 1.49. The van der Waals surface area contributed by atoms with E-state index in [0.717, 1.165) is 0 Å². The van der Waals surface area contributed by atoms with Crippen LogP contribution in [0.3, 0.4) is 0 Å². The fraction of sp³-hybridized carbons (Fsp3) is 0.0909. The molecule has 0 bridgehead atoms. The molecular formula is C11H8ClN7O. The SMILES string of the molecule is COc1nccnc1-c1nc(Cl)nc(-n2ccnc2)n1. The molecule has 20 heavy (non-hydrogen) atoms. The number of rotatable bonds is 3. The number of hydrogen-bond donors (Lipinski definition) is 0. The second-order valence-electron chi connectivity index (χ2n) is 3.61. The van der Waals surface area contributed by atoms with Gasteiger partial charge in [-0.1, -0.05) is 0 Å². The Morgan fingerprint density at radius 2 is 1.95 bits per heavy atom. The van der Waals surface area contributed by atoms with Crippen molar-refractivity contribution in [2.75, 3.05) is 7.11 Å². The molecule has 0 aliphatic rings. The smallest absolute Gasteiger partial charge is 0.243 e. The normalized spacial score (nSPS) is 10.5. The fourth-order valence-corrected chi connectivity index (χ4v) is 1.72. The first-order chi connectivity index (χ1) is 9.78. The first kappa shape index (κ1) is 12.4. The lowest BCUT2D eigenvalue weighted by Crippen LogP contribution is -2.05. The molecule has 0 amide bonds. The van der Waals surface area contributed by atoms with Gasteiger partial charge in [-0.05, 0) is 11.6 Å². The van der Waals surface area contributed by atoms with E-state index < -0.39 is 0 Å². The molecule has 3 aromatic heterocycles. The Morgan fingerprint density at radius 1 is 1.10 bits per heavy atom. The second kappa shape index (κ2) is 5.17. The Bertz CT molecular complexity index is 731. The van der Waals surface area contributed by atoms with E-state index in [4.69, 9.17) is 16.3 Å². The maximum absolute atomic E-state index is 5.93. The largest absolute Gasteiger partial charge is 0.479 e. The van der Waals surface area contributed by atoms with Crippen molar-refractivity contribution in [3.05, 3.63) is 36.4 Å². The maximum Gasteiger partial charge on any atom is 0.243 e. The molecule has 0 spiro atoms. The summed E-state index contributed by atoms with van der Waals surface area (Å²) in [5, 5.41) is 0.0476. The third-order valence-electron chi connectivity index (χ3n) is 2.40. The van der Waals surface area contributed by atoms with E-state index in [2.05, 4.69) is 29.9 Å². The van der Waals surface area contributed by atoms with E-state index in [1.807, 2.05) is 0 Å². The van der Waals surface area contributed by atoms with E-state index in [9.17, 15) is 0 Å². The highest BCUT2D eigenvalue weighted by molar-refractivity contribution is 6.28. The first-order valence-electron chi connectivity index (χ1n) is 5.53. The molecule has 3 heterocycles. The molecule has 0 N–H and O–H groups in total. The number of hydrogen-bond acceptors (Lipinski definition) is 7. The van der Waals surface area contributed by atoms with Crippen LogP contribution in [0.2, 0.25) is 5.28 Å². The Morgan fingerprint density at radius 3 is 2.70 bits per heavy atom. The van der Waals surface area contributed by atoms with E-state index in [1.165, 1.54) is 19.5 Å². The van der Waals surface area contributed by atoms with Gasteiger partial charge in [0.15, 0.2) is 11.5 Å². The number of imidazole rings is 1. The summed E-state index contributed by atoms with van der Waals surface area (Å²) in [6.07, 6.45) is 7.90. The lowest BCUT2D eigenvalue weighted by atomic mass is 10.4. The number of aromatic nitrogens is 7. The average Bonchev–Trinajstić information content (AvgIpc) is 3.01. The van der Waals surface area contributed by atoms with E-state index in [0.29, 0.717) is 17.5 Å². The van der Waals surface area contributed by atoms with Crippen LogP contribution in [0.5, 0.6) is 5.88 Å². The molecule has 100 valence electrons. The minimum absolute atomic E-state index is 0.0476. The topological polar surface area (TPSA) is 91.5 Å². The Balaban J connectivity index is 2.15. The standard InChI is InChI=1S/C11H8ClN7O/c1-20-9-7(14-2-3-15-9)8-16-10(12)18-11(17-8)19-5-4-13-6-19/h2-6H,1H3. The van der Waals surface area contributed by atoms with Crippen LogP contribution in [0.1, 0.15) is 0 Å². The summed E-state index contributed by atoms with van der Waals surface area (Å²) in [5.41, 5.74) is 0.390. The Kier molecular flexibility index (Phi) is 3.21. The van der Waals surface area contributed by atoms with Crippen molar-refractivity contribution in [2.45, 2.75) is 0 Å². The van der Waals surface area contributed by atoms with Crippen molar-refractivity contribution >= 4 is 11.6 Å². The highest BCUT2D eigenvalue weighted by atomic mass is 35.5. The van der Waals surface area contributed by atoms with Crippen LogP contribution >= 0.6 is 11.6 Å². The minimum atomic E-state index is 0.0476. The van der Waals surface area contributed by atoms with Crippen LogP contribution in [-0.2, 0) is 0 Å². The molecule has 9 heteroatoms. The number of methoxy groups -OCH3 is 1. The summed E-state index contributed by atoms with van der Waals surface area (Å²) in [6, 6.07) is 0. The minimum Gasteiger partial charge on any atom is -0.479 e. The van der Waals surface area contributed by atoms with Gasteiger partial charge in [-0.2, -0.15) is 15.0 Å². The lowest BCUT2D eigenvalue weighted by molar-refractivity contribution is 0.397. The molecule has 0 aromatic carbocycles. The van der Waals surface area contributed by atoms with Crippen LogP contribution in [0.4, 0.5) is 0 Å². The molecule has 0 saturated carbocycles. The van der Waals surface area contributed by atoms with Crippen molar-refractivity contribution in [2.24, 2.45) is 0 Å². The molecule has 0 saturated heterocycles. The molecule has 0 fully saturated rings. The predicted molar refractivity (Wildman–Crippen MR) is 69.5 cm³/mol. The number of halogens is 1. The van der Waals surface area contributed by atoms with Crippen LogP contribution in [0, 0.1) is 0 Å². The van der Waals surface area contributed by atoms with E-state index in [-0.39, 0.29) is 11.1 Å². The zero-order valence-corrected chi connectivity index (χ0v) is 11.1. The number of ether oxygens (including phenoxy) is 1. The molecule has 0 unspecified atom stereocenters. The van der Waals surface area contributed by atoms with Crippen molar-refractivity contribution < 1.29 is 4.74 Å². The Labute approximate surface area is 118 Å².